The number of carbonyl (C=O) groups excluding carboxylic acids is 1. The summed E-state index contributed by atoms with van der Waals surface area (Å²) < 4.78 is 0.825. The van der Waals surface area contributed by atoms with Crippen molar-refractivity contribution in [1.82, 2.24) is 4.98 Å². The number of amides is 1. The number of nitrogen functional groups attached to an aromatic ring is 1. The highest BCUT2D eigenvalue weighted by atomic mass is 79.9. The molecule has 0 aliphatic rings. The summed E-state index contributed by atoms with van der Waals surface area (Å²) >= 11 is 16.3. The molecule has 0 spiro atoms. The molecule has 0 radical (unpaired) electrons. The van der Waals surface area contributed by atoms with Gasteiger partial charge in [0.15, 0.2) is 5.13 Å². The van der Waals surface area contributed by atoms with Crippen molar-refractivity contribution in [1.29, 1.82) is 0 Å². The van der Waals surface area contributed by atoms with E-state index in [1.807, 2.05) is 0 Å². The van der Waals surface area contributed by atoms with Crippen LogP contribution in [0.2, 0.25) is 10.0 Å². The van der Waals surface area contributed by atoms with Crippen molar-refractivity contribution in [3.05, 3.63) is 37.7 Å². The summed E-state index contributed by atoms with van der Waals surface area (Å²) in [6.45, 7) is 0. The molecule has 4 nitrogen and oxygen atoms in total. The third-order valence-electron chi connectivity index (χ3n) is 2.04. The third kappa shape index (κ3) is 2.95. The quantitative estimate of drug-likeness (QED) is 0.788. The molecule has 0 saturated heterocycles. The first-order valence-corrected chi connectivity index (χ1v) is 7.01. The normalized spacial score (nSPS) is 10.4. The average molecular weight is 367 g/mol. The number of nitrogens with one attached hydrogen (secondary N) is 1. The summed E-state index contributed by atoms with van der Waals surface area (Å²) in [5, 5.41) is 3.60. The predicted molar refractivity (Wildman–Crippen MR) is 78.6 cm³/mol. The summed E-state index contributed by atoms with van der Waals surface area (Å²) in [5.41, 5.74) is 6.18. The van der Waals surface area contributed by atoms with Gasteiger partial charge in [0.1, 0.15) is 0 Å². The molecule has 0 atom stereocenters. The highest BCUT2D eigenvalue weighted by Crippen LogP contribution is 2.29. The second kappa shape index (κ2) is 5.44. The Balaban J connectivity index is 2.24. The van der Waals surface area contributed by atoms with Crippen LogP contribution in [0.4, 0.5) is 10.8 Å². The van der Waals surface area contributed by atoms with Crippen LogP contribution in [-0.4, -0.2) is 10.9 Å². The van der Waals surface area contributed by atoms with Crippen molar-refractivity contribution in [3.63, 3.8) is 0 Å². The van der Waals surface area contributed by atoms with Crippen LogP contribution in [0, 0.1) is 0 Å². The first-order valence-electron chi connectivity index (χ1n) is 4.64. The fraction of sp³-hybridized carbons (Fsp3) is 0. The zero-order valence-corrected chi connectivity index (χ0v) is 12.6. The fourth-order valence-electron chi connectivity index (χ4n) is 1.20. The van der Waals surface area contributed by atoms with E-state index in [1.165, 1.54) is 23.5 Å². The lowest BCUT2D eigenvalue weighted by Crippen LogP contribution is -2.12. The van der Waals surface area contributed by atoms with E-state index in [9.17, 15) is 4.79 Å². The minimum Gasteiger partial charge on any atom is -0.396 e. The molecule has 8 heteroatoms. The lowest BCUT2D eigenvalue weighted by Gasteiger charge is -2.05. The van der Waals surface area contributed by atoms with E-state index in [2.05, 4.69) is 26.2 Å². The maximum absolute atomic E-state index is 11.9. The molecule has 1 aromatic heterocycles. The van der Waals surface area contributed by atoms with Crippen LogP contribution in [0.5, 0.6) is 0 Å². The zero-order chi connectivity index (χ0) is 13.3. The van der Waals surface area contributed by atoms with Gasteiger partial charge in [-0.25, -0.2) is 4.98 Å². The van der Waals surface area contributed by atoms with Crippen LogP contribution in [0.25, 0.3) is 0 Å². The first-order chi connectivity index (χ1) is 8.47. The number of nitrogens with two attached hydrogens (primary N) is 1. The van der Waals surface area contributed by atoms with Gasteiger partial charge < -0.3 is 5.73 Å². The van der Waals surface area contributed by atoms with E-state index in [-0.39, 0.29) is 21.6 Å². The molecule has 2 aromatic rings. The smallest absolute Gasteiger partial charge is 0.257 e. The molecule has 3 N–H and O–H groups in total. The van der Waals surface area contributed by atoms with E-state index >= 15 is 0 Å². The number of anilines is 2. The first kappa shape index (κ1) is 13.6. The van der Waals surface area contributed by atoms with Gasteiger partial charge in [-0.3, -0.25) is 10.1 Å². The Morgan fingerprint density at radius 2 is 2.00 bits per heavy atom. The molecule has 2 rings (SSSR count). The van der Waals surface area contributed by atoms with Crippen LogP contribution < -0.4 is 11.1 Å². The molecular weight excluding hydrogens is 361 g/mol. The van der Waals surface area contributed by atoms with Gasteiger partial charge in [-0.15, -0.1) is 0 Å². The Bertz CT molecular complexity index is 594. The van der Waals surface area contributed by atoms with Crippen molar-refractivity contribution in [2.24, 2.45) is 0 Å². The highest BCUT2D eigenvalue weighted by molar-refractivity contribution is 9.11. The molecule has 0 saturated carbocycles. The van der Waals surface area contributed by atoms with Crippen LogP contribution in [0.3, 0.4) is 0 Å². The minimum absolute atomic E-state index is 0.243. The number of aromatic nitrogens is 1. The summed E-state index contributed by atoms with van der Waals surface area (Å²) in [6.07, 6.45) is 1.60. The molecule has 1 heterocycles. The van der Waals surface area contributed by atoms with E-state index in [1.54, 1.807) is 6.20 Å². The van der Waals surface area contributed by atoms with Gasteiger partial charge in [-0.2, -0.15) is 0 Å². The maximum atomic E-state index is 11.9. The van der Waals surface area contributed by atoms with Gasteiger partial charge in [0.2, 0.25) is 0 Å². The van der Waals surface area contributed by atoms with Gasteiger partial charge >= 0.3 is 0 Å². The largest absolute Gasteiger partial charge is 0.396 e. The predicted octanol–water partition coefficient (Wildman–Crippen LogP) is 4.05. The van der Waals surface area contributed by atoms with Crippen molar-refractivity contribution < 1.29 is 4.79 Å². The average Bonchev–Trinajstić information content (AvgIpc) is 2.71. The number of thiazole rings is 1. The molecule has 18 heavy (non-hydrogen) atoms. The number of nitrogens with zero attached hydrogens (tertiary/aromatic N) is 1. The fourth-order valence-corrected chi connectivity index (χ4v) is 2.79. The highest BCUT2D eigenvalue weighted by Gasteiger charge is 2.12. The van der Waals surface area contributed by atoms with Crippen LogP contribution in [0.1, 0.15) is 10.4 Å². The topological polar surface area (TPSA) is 68.0 Å². The Labute approximate surface area is 125 Å². The number of hydrogen-bond donors (Lipinski definition) is 2. The van der Waals surface area contributed by atoms with Crippen LogP contribution in [0.15, 0.2) is 22.1 Å². The molecular formula is C10H6BrCl2N3OS. The number of benzene rings is 1. The number of halogens is 3. The molecule has 94 valence electrons. The number of carbonyl (C=O) groups is 1. The lowest BCUT2D eigenvalue weighted by atomic mass is 10.2. The second-order valence-corrected chi connectivity index (χ2v) is 6.50. The van der Waals surface area contributed by atoms with Gasteiger partial charge in [-0.05, 0) is 28.1 Å². The number of hydrogen-bond acceptors (Lipinski definition) is 4. The third-order valence-corrected chi connectivity index (χ3v) is 4.06. The van der Waals surface area contributed by atoms with Crippen LogP contribution in [-0.2, 0) is 0 Å². The van der Waals surface area contributed by atoms with E-state index in [0.717, 1.165) is 3.79 Å². The molecule has 0 aliphatic heterocycles. The molecule has 0 fully saturated rings. The van der Waals surface area contributed by atoms with Gasteiger partial charge in [0.25, 0.3) is 5.91 Å². The summed E-state index contributed by atoms with van der Waals surface area (Å²) in [5.74, 6) is -0.347. The zero-order valence-electron chi connectivity index (χ0n) is 8.71. The molecule has 1 amide bonds. The Morgan fingerprint density at radius 1 is 1.39 bits per heavy atom. The summed E-state index contributed by atoms with van der Waals surface area (Å²) in [4.78, 5) is 15.9. The van der Waals surface area contributed by atoms with E-state index in [4.69, 9.17) is 28.9 Å². The van der Waals surface area contributed by atoms with Crippen molar-refractivity contribution in [3.8, 4) is 0 Å². The van der Waals surface area contributed by atoms with Crippen molar-refractivity contribution >= 4 is 67.2 Å². The Hall–Kier alpha value is -0.820. The summed E-state index contributed by atoms with van der Waals surface area (Å²) in [6, 6.07) is 2.92. The van der Waals surface area contributed by atoms with Crippen molar-refractivity contribution in [2.45, 2.75) is 0 Å². The van der Waals surface area contributed by atoms with E-state index < -0.39 is 0 Å². The van der Waals surface area contributed by atoms with Crippen LogP contribution >= 0.6 is 50.5 Å². The lowest BCUT2D eigenvalue weighted by molar-refractivity contribution is 0.102. The standard InChI is InChI=1S/C10H6BrCl2N3OS/c11-7-3-15-10(18-7)16-9(17)4-1-5(12)8(14)6(13)2-4/h1-3H,14H2,(H,15,16,17). The van der Waals surface area contributed by atoms with Gasteiger partial charge in [0.05, 0.1) is 25.7 Å². The van der Waals surface area contributed by atoms with Gasteiger partial charge in [0, 0.05) is 5.56 Å². The molecule has 0 bridgehead atoms. The minimum atomic E-state index is -0.347. The van der Waals surface area contributed by atoms with Crippen molar-refractivity contribution in [2.75, 3.05) is 11.1 Å². The SMILES string of the molecule is Nc1c(Cl)cc(C(=O)Nc2ncc(Br)s2)cc1Cl. The Morgan fingerprint density at radius 3 is 2.50 bits per heavy atom. The second-order valence-electron chi connectivity index (χ2n) is 3.28. The number of rotatable bonds is 2. The molecule has 1 aromatic carbocycles. The molecule has 0 unspecified atom stereocenters. The maximum Gasteiger partial charge on any atom is 0.257 e. The molecule has 0 aliphatic carbocycles. The van der Waals surface area contributed by atoms with E-state index in [0.29, 0.717) is 10.7 Å². The monoisotopic (exact) mass is 365 g/mol. The van der Waals surface area contributed by atoms with Gasteiger partial charge in [-0.1, -0.05) is 34.5 Å². The summed E-state index contributed by atoms with van der Waals surface area (Å²) in [7, 11) is 0. The Kier molecular flexibility index (Phi) is 4.11.